The number of carbonyl (C=O) groups excluding carboxylic acids is 7. The van der Waals surface area contributed by atoms with Gasteiger partial charge >= 0.3 is 41.8 Å². The fourth-order valence-corrected chi connectivity index (χ4v) is 5.83. The average Bonchev–Trinajstić information content (AvgIpc) is 3.74. The quantitative estimate of drug-likeness (QED) is 0.0152. The molecule has 1 atom stereocenters. The third-order valence-corrected chi connectivity index (χ3v) is 9.12. The highest BCUT2D eigenvalue weighted by atomic mass is 32.1. The Hall–Kier alpha value is -8.77. The van der Waals surface area contributed by atoms with Gasteiger partial charge in [0.2, 0.25) is 11.9 Å². The fourth-order valence-electron chi connectivity index (χ4n) is 5.01. The Morgan fingerprint density at radius 1 is 0.646 bits per heavy atom. The number of hydrogen-bond acceptors (Lipinski definition) is 18. The van der Waals surface area contributed by atoms with Crippen molar-refractivity contribution < 1.29 is 66.7 Å². The van der Waals surface area contributed by atoms with Crippen molar-refractivity contribution >= 4 is 86.8 Å². The summed E-state index contributed by atoms with van der Waals surface area (Å²) in [6, 6.07) is 24.0. The number of esters is 7. The molecule has 5 rings (SSSR count). The van der Waals surface area contributed by atoms with E-state index in [0.717, 1.165) is 40.6 Å². The lowest BCUT2D eigenvalue weighted by Crippen LogP contribution is -2.29. The number of carbonyl (C=O) groups is 7. The zero-order chi connectivity index (χ0) is 46.6. The molecular formula is C47H37N3O14S. The number of rotatable bonds is 21. The molecule has 0 amide bonds. The summed E-state index contributed by atoms with van der Waals surface area (Å²) >= 11 is 1.37. The molecule has 0 saturated carbocycles. The molecule has 0 aliphatic carbocycles. The second kappa shape index (κ2) is 24.0. The second-order valence-corrected chi connectivity index (χ2v) is 13.8. The van der Waals surface area contributed by atoms with Crippen LogP contribution in [-0.2, 0) is 47.7 Å². The highest BCUT2D eigenvalue weighted by Crippen LogP contribution is 2.27. The number of thiazole rings is 1. The van der Waals surface area contributed by atoms with Gasteiger partial charge in [0.25, 0.3) is 0 Å². The molecular weight excluding hydrogens is 863 g/mol. The molecule has 0 radical (unpaired) electrons. The number of aromatic nitrogens is 1. The van der Waals surface area contributed by atoms with Crippen LogP contribution in [-0.4, -0.2) is 79.1 Å². The van der Waals surface area contributed by atoms with Gasteiger partial charge in [-0.2, -0.15) is 5.10 Å². The minimum absolute atomic E-state index is 0.0706. The van der Waals surface area contributed by atoms with Crippen molar-refractivity contribution in [2.24, 2.45) is 5.10 Å². The molecule has 0 bridgehead atoms. The van der Waals surface area contributed by atoms with Crippen molar-refractivity contribution in [3.05, 3.63) is 169 Å². The molecule has 18 heteroatoms. The third kappa shape index (κ3) is 15.3. The van der Waals surface area contributed by atoms with Crippen LogP contribution in [0, 0.1) is 0 Å². The monoisotopic (exact) mass is 899 g/mol. The Bertz CT molecular complexity index is 2650. The number of fused-ring (bicyclic) bond motifs is 1. The summed E-state index contributed by atoms with van der Waals surface area (Å²) in [5.41, 5.74) is 5.31. The molecule has 5 aromatic rings. The average molecular weight is 900 g/mol. The van der Waals surface area contributed by atoms with Gasteiger partial charge in [0.1, 0.15) is 24.7 Å². The summed E-state index contributed by atoms with van der Waals surface area (Å²) in [5, 5.41) is 4.78. The van der Waals surface area contributed by atoms with Crippen LogP contribution in [0.3, 0.4) is 0 Å². The van der Waals surface area contributed by atoms with Gasteiger partial charge in [0.05, 0.1) is 27.6 Å². The smallest absolute Gasteiger partial charge is 0.343 e. The standard InChI is InChI=1S/C47H37N3O14S/c1-4-40(51)58-27-36(62-42(53)6-3)28-59-43(54)23-15-30-13-19-33(20-14-30)46(57)64-38-22-21-35(25-34(38)26-48-50-47-49-37-9-7-8-10-39(37)65-47)63-45(56)32-17-11-31(12-18-32)16-24-44(55)61-29-60-41(52)5-2/h4-26,36H,1-3,27-29H2,(H,49,50)/b23-15+,24-16+,48-26+. The van der Waals surface area contributed by atoms with Crippen LogP contribution in [0.5, 0.6) is 11.5 Å². The predicted octanol–water partition coefficient (Wildman–Crippen LogP) is 6.81. The van der Waals surface area contributed by atoms with Gasteiger partial charge in [-0.3, -0.25) is 5.43 Å². The first-order valence-corrected chi connectivity index (χ1v) is 19.8. The largest absolute Gasteiger partial charge is 0.458 e. The first kappa shape index (κ1) is 47.3. The van der Waals surface area contributed by atoms with Gasteiger partial charge in [0.15, 0.2) is 6.10 Å². The minimum atomic E-state index is -1.09. The molecule has 0 aliphatic heterocycles. The SMILES string of the molecule is C=CC(=O)OCOC(=O)/C=C/c1ccc(C(=O)Oc2ccc(OC(=O)c3ccc(/C=C/C(=O)OCC(COC(=O)C=C)OC(=O)C=C)cc3)c(/C=N/Nc3nc4ccccc4s3)c2)cc1. The van der Waals surface area contributed by atoms with E-state index in [9.17, 15) is 33.6 Å². The van der Waals surface area contributed by atoms with E-state index in [2.05, 4.69) is 40.0 Å². The fraction of sp³-hybridized carbons (Fsp3) is 0.0851. The summed E-state index contributed by atoms with van der Waals surface area (Å²) in [6.07, 6.45) is 8.14. The van der Waals surface area contributed by atoms with E-state index in [4.69, 9.17) is 28.4 Å². The number of para-hydroxylation sites is 1. The van der Waals surface area contributed by atoms with Crippen LogP contribution in [0.2, 0.25) is 0 Å². The maximum Gasteiger partial charge on any atom is 0.343 e. The summed E-state index contributed by atoms with van der Waals surface area (Å²) in [5.74, 6) is -5.14. The van der Waals surface area contributed by atoms with Crippen molar-refractivity contribution in [2.75, 3.05) is 25.4 Å². The minimum Gasteiger partial charge on any atom is -0.458 e. The lowest BCUT2D eigenvalue weighted by molar-refractivity contribution is -0.160. The third-order valence-electron chi connectivity index (χ3n) is 8.18. The number of nitrogens with one attached hydrogen (secondary N) is 1. The number of hydrazone groups is 1. The predicted molar refractivity (Wildman–Crippen MR) is 238 cm³/mol. The number of anilines is 1. The number of ether oxygens (including phenoxy) is 7. The Morgan fingerprint density at radius 2 is 1.20 bits per heavy atom. The van der Waals surface area contributed by atoms with Gasteiger partial charge in [-0.15, -0.1) is 0 Å². The van der Waals surface area contributed by atoms with Crippen molar-refractivity contribution in [3.8, 4) is 11.5 Å². The van der Waals surface area contributed by atoms with Crippen molar-refractivity contribution in [3.63, 3.8) is 0 Å². The van der Waals surface area contributed by atoms with E-state index in [0.29, 0.717) is 16.3 Å². The molecule has 1 heterocycles. The molecule has 330 valence electrons. The Labute approximate surface area is 374 Å². The Kier molecular flexibility index (Phi) is 17.5. The summed E-state index contributed by atoms with van der Waals surface area (Å²) in [4.78, 5) is 89.4. The van der Waals surface area contributed by atoms with E-state index in [1.165, 1.54) is 72.2 Å². The van der Waals surface area contributed by atoms with Crippen LogP contribution < -0.4 is 14.9 Å². The maximum atomic E-state index is 13.3. The molecule has 1 unspecified atom stereocenters. The van der Waals surface area contributed by atoms with Gasteiger partial charge in [-0.05, 0) is 77.9 Å². The van der Waals surface area contributed by atoms with Crippen LogP contribution in [0.4, 0.5) is 5.13 Å². The van der Waals surface area contributed by atoms with Crippen LogP contribution in [0.1, 0.15) is 37.4 Å². The van der Waals surface area contributed by atoms with E-state index < -0.39 is 61.3 Å². The summed E-state index contributed by atoms with van der Waals surface area (Å²) < 4.78 is 36.7. The first-order chi connectivity index (χ1) is 31.4. The molecule has 0 aliphatic rings. The summed E-state index contributed by atoms with van der Waals surface area (Å²) in [6.45, 7) is 8.45. The molecule has 17 nitrogen and oxygen atoms in total. The van der Waals surface area contributed by atoms with Gasteiger partial charge in [-0.1, -0.05) is 67.5 Å². The van der Waals surface area contributed by atoms with Crippen molar-refractivity contribution in [2.45, 2.75) is 6.10 Å². The Balaban J connectivity index is 1.24. The van der Waals surface area contributed by atoms with E-state index in [1.807, 2.05) is 24.3 Å². The molecule has 0 spiro atoms. The zero-order valence-corrected chi connectivity index (χ0v) is 34.9. The molecule has 0 saturated heterocycles. The van der Waals surface area contributed by atoms with E-state index in [-0.39, 0.29) is 34.8 Å². The number of benzene rings is 4. The van der Waals surface area contributed by atoms with Gasteiger partial charge in [-0.25, -0.2) is 38.5 Å². The van der Waals surface area contributed by atoms with Crippen LogP contribution >= 0.6 is 11.3 Å². The lowest BCUT2D eigenvalue weighted by Gasteiger charge is -2.16. The normalized spacial score (nSPS) is 11.3. The summed E-state index contributed by atoms with van der Waals surface area (Å²) in [7, 11) is 0. The molecule has 1 aromatic heterocycles. The second-order valence-electron chi connectivity index (χ2n) is 12.7. The highest BCUT2D eigenvalue weighted by molar-refractivity contribution is 7.22. The zero-order valence-electron chi connectivity index (χ0n) is 34.1. The number of hydrogen-bond donors (Lipinski definition) is 1. The number of nitrogens with zero attached hydrogens (tertiary/aromatic N) is 2. The first-order valence-electron chi connectivity index (χ1n) is 19.0. The van der Waals surface area contributed by atoms with Crippen molar-refractivity contribution in [1.29, 1.82) is 0 Å². The highest BCUT2D eigenvalue weighted by Gasteiger charge is 2.18. The molecule has 0 fully saturated rings. The topological polar surface area (TPSA) is 221 Å². The lowest BCUT2D eigenvalue weighted by atomic mass is 10.1. The van der Waals surface area contributed by atoms with Crippen molar-refractivity contribution in [1.82, 2.24) is 4.98 Å². The van der Waals surface area contributed by atoms with Crippen LogP contribution in [0.15, 0.2) is 146 Å². The van der Waals surface area contributed by atoms with E-state index >= 15 is 0 Å². The van der Waals surface area contributed by atoms with Crippen LogP contribution in [0.25, 0.3) is 22.4 Å². The van der Waals surface area contributed by atoms with Gasteiger partial charge < -0.3 is 33.2 Å². The molecule has 1 N–H and O–H groups in total. The van der Waals surface area contributed by atoms with E-state index in [1.54, 1.807) is 24.3 Å². The Morgan fingerprint density at radius 3 is 1.82 bits per heavy atom. The van der Waals surface area contributed by atoms with Gasteiger partial charge in [0, 0.05) is 35.9 Å². The molecule has 65 heavy (non-hydrogen) atoms. The molecule has 4 aromatic carbocycles. The maximum absolute atomic E-state index is 13.3.